The summed E-state index contributed by atoms with van der Waals surface area (Å²) < 4.78 is 5.27. The molecule has 2 aliphatic heterocycles. The summed E-state index contributed by atoms with van der Waals surface area (Å²) in [5.74, 6) is 1.37. The van der Waals surface area contributed by atoms with Crippen LogP contribution in [-0.2, 0) is 4.74 Å². The zero-order valence-electron chi connectivity index (χ0n) is 8.13. The lowest BCUT2D eigenvalue weighted by Gasteiger charge is -2.26. The Labute approximate surface area is 87.0 Å². The molecule has 3 heterocycles. The molecule has 77 valence electrons. The van der Waals surface area contributed by atoms with Gasteiger partial charge in [-0.1, -0.05) is 0 Å². The Kier molecular flexibility index (Phi) is 1.99. The molecule has 2 aliphatic rings. The molecular weight excluding hydrogens is 194 g/mol. The van der Waals surface area contributed by atoms with Crippen LogP contribution in [0.1, 0.15) is 5.56 Å². The van der Waals surface area contributed by atoms with Crippen molar-refractivity contribution in [2.75, 3.05) is 31.2 Å². The van der Waals surface area contributed by atoms with E-state index in [0.717, 1.165) is 31.9 Å². The van der Waals surface area contributed by atoms with Gasteiger partial charge >= 0.3 is 0 Å². The van der Waals surface area contributed by atoms with Gasteiger partial charge in [0.05, 0.1) is 25.0 Å². The highest BCUT2D eigenvalue weighted by Crippen LogP contribution is 2.18. The highest BCUT2D eigenvalue weighted by molar-refractivity contribution is 5.87. The molecule has 15 heavy (non-hydrogen) atoms. The lowest BCUT2D eigenvalue weighted by Crippen LogP contribution is -2.37. The first-order valence-corrected chi connectivity index (χ1v) is 4.87. The van der Waals surface area contributed by atoms with E-state index >= 15 is 0 Å². The molecule has 1 aromatic heterocycles. The predicted octanol–water partition coefficient (Wildman–Crippen LogP) is -0.103. The molecule has 6 heteroatoms. The molecule has 0 atom stereocenters. The second-order valence-electron chi connectivity index (χ2n) is 3.39. The first-order valence-electron chi connectivity index (χ1n) is 4.87. The van der Waals surface area contributed by atoms with Gasteiger partial charge in [0.15, 0.2) is 5.82 Å². The number of morpholine rings is 1. The van der Waals surface area contributed by atoms with Crippen LogP contribution in [0.3, 0.4) is 0 Å². The van der Waals surface area contributed by atoms with E-state index in [-0.39, 0.29) is 0 Å². The van der Waals surface area contributed by atoms with Crippen LogP contribution in [0.25, 0.3) is 0 Å². The van der Waals surface area contributed by atoms with E-state index in [1.54, 1.807) is 12.4 Å². The number of hydrogen-bond donors (Lipinski definition) is 0. The number of rotatable bonds is 1. The summed E-state index contributed by atoms with van der Waals surface area (Å²) in [5, 5.41) is 3.79. The third-order valence-electron chi connectivity index (χ3n) is 2.43. The Balaban J connectivity index is 1.86. The SMILES string of the molecule is C1=N[N]c2nc(N3CCOCC3)ncc21. The van der Waals surface area contributed by atoms with Crippen molar-refractivity contribution in [1.29, 1.82) is 0 Å². The topological polar surface area (TPSA) is 64.7 Å². The van der Waals surface area contributed by atoms with Gasteiger partial charge in [-0.25, -0.2) is 4.98 Å². The fourth-order valence-electron chi connectivity index (χ4n) is 1.61. The second kappa shape index (κ2) is 3.47. The third kappa shape index (κ3) is 1.52. The fraction of sp³-hybridized carbons (Fsp3) is 0.444. The van der Waals surface area contributed by atoms with Crippen molar-refractivity contribution in [3.05, 3.63) is 11.8 Å². The molecule has 0 amide bonds. The van der Waals surface area contributed by atoms with Gasteiger partial charge in [-0.05, 0) is 0 Å². The summed E-state index contributed by atoms with van der Waals surface area (Å²) in [6.07, 6.45) is 3.42. The lowest BCUT2D eigenvalue weighted by atomic mass is 10.3. The minimum absolute atomic E-state index is 0.659. The lowest BCUT2D eigenvalue weighted by molar-refractivity contribution is 0.122. The molecule has 1 radical (unpaired) electrons. The molecule has 0 saturated carbocycles. The normalized spacial score (nSPS) is 18.8. The van der Waals surface area contributed by atoms with Gasteiger partial charge in [0.2, 0.25) is 5.95 Å². The predicted molar refractivity (Wildman–Crippen MR) is 54.5 cm³/mol. The summed E-state index contributed by atoms with van der Waals surface area (Å²) in [6.45, 7) is 3.13. The molecule has 0 spiro atoms. The van der Waals surface area contributed by atoms with Crippen LogP contribution in [0.4, 0.5) is 11.8 Å². The average Bonchev–Trinajstić information content (AvgIpc) is 2.77. The molecule has 0 N–H and O–H groups in total. The molecule has 0 unspecified atom stereocenters. The van der Waals surface area contributed by atoms with E-state index in [9.17, 15) is 0 Å². The molecule has 0 bridgehead atoms. The van der Waals surface area contributed by atoms with Crippen molar-refractivity contribution in [3.63, 3.8) is 0 Å². The maximum Gasteiger partial charge on any atom is 0.227 e. The van der Waals surface area contributed by atoms with E-state index < -0.39 is 0 Å². The van der Waals surface area contributed by atoms with Crippen molar-refractivity contribution >= 4 is 18.0 Å². The molecule has 3 rings (SSSR count). The van der Waals surface area contributed by atoms with Crippen LogP contribution in [0, 0.1) is 0 Å². The highest BCUT2D eigenvalue weighted by Gasteiger charge is 2.17. The molecular formula is C9H10N5O. The fourth-order valence-corrected chi connectivity index (χ4v) is 1.61. The molecule has 0 aliphatic carbocycles. The summed E-state index contributed by atoms with van der Waals surface area (Å²) >= 11 is 0. The summed E-state index contributed by atoms with van der Waals surface area (Å²) in [4.78, 5) is 10.7. The average molecular weight is 204 g/mol. The minimum atomic E-state index is 0.659. The van der Waals surface area contributed by atoms with Crippen LogP contribution in [0.5, 0.6) is 0 Å². The number of nitrogens with zero attached hydrogens (tertiary/aromatic N) is 5. The number of ether oxygens (including phenoxy) is 1. The van der Waals surface area contributed by atoms with Gasteiger partial charge in [-0.3, -0.25) is 0 Å². The second-order valence-corrected chi connectivity index (χ2v) is 3.39. The molecule has 1 saturated heterocycles. The van der Waals surface area contributed by atoms with Gasteiger partial charge in [-0.15, -0.1) is 5.43 Å². The Hall–Kier alpha value is -1.69. The summed E-state index contributed by atoms with van der Waals surface area (Å²) in [5.41, 5.74) is 4.80. The quantitative estimate of drug-likeness (QED) is 0.640. The number of anilines is 1. The zero-order valence-corrected chi connectivity index (χ0v) is 8.13. The molecule has 0 aromatic carbocycles. The maximum absolute atomic E-state index is 5.27. The molecule has 1 aromatic rings. The Bertz CT molecular complexity index is 399. The summed E-state index contributed by atoms with van der Waals surface area (Å²) in [6, 6.07) is 0. The van der Waals surface area contributed by atoms with Gasteiger partial charge in [0.25, 0.3) is 0 Å². The minimum Gasteiger partial charge on any atom is -0.378 e. The Morgan fingerprint density at radius 1 is 1.27 bits per heavy atom. The van der Waals surface area contributed by atoms with Crippen LogP contribution in [0.15, 0.2) is 11.3 Å². The monoisotopic (exact) mass is 204 g/mol. The smallest absolute Gasteiger partial charge is 0.227 e. The van der Waals surface area contributed by atoms with Crippen LogP contribution >= 0.6 is 0 Å². The van der Waals surface area contributed by atoms with Gasteiger partial charge in [0.1, 0.15) is 0 Å². The Morgan fingerprint density at radius 2 is 2.13 bits per heavy atom. The maximum atomic E-state index is 5.27. The number of aromatic nitrogens is 2. The van der Waals surface area contributed by atoms with E-state index in [2.05, 4.69) is 25.4 Å². The molecule has 6 nitrogen and oxygen atoms in total. The summed E-state index contributed by atoms with van der Waals surface area (Å²) in [7, 11) is 0. The largest absolute Gasteiger partial charge is 0.378 e. The van der Waals surface area contributed by atoms with Crippen molar-refractivity contribution in [2.24, 2.45) is 5.10 Å². The number of hydrogen-bond acceptors (Lipinski definition) is 5. The van der Waals surface area contributed by atoms with E-state index in [1.165, 1.54) is 0 Å². The molecule has 1 fully saturated rings. The van der Waals surface area contributed by atoms with E-state index in [1.807, 2.05) is 0 Å². The number of fused-ring (bicyclic) bond motifs is 1. The van der Waals surface area contributed by atoms with Gasteiger partial charge in [-0.2, -0.15) is 10.1 Å². The van der Waals surface area contributed by atoms with E-state index in [4.69, 9.17) is 4.74 Å². The van der Waals surface area contributed by atoms with Crippen molar-refractivity contribution in [1.82, 2.24) is 15.4 Å². The van der Waals surface area contributed by atoms with E-state index in [0.29, 0.717) is 11.8 Å². The van der Waals surface area contributed by atoms with Gasteiger partial charge < -0.3 is 9.64 Å². The first-order chi connectivity index (χ1) is 7.43. The zero-order chi connectivity index (χ0) is 10.1. The van der Waals surface area contributed by atoms with Crippen molar-refractivity contribution < 1.29 is 4.74 Å². The van der Waals surface area contributed by atoms with Crippen molar-refractivity contribution in [3.8, 4) is 0 Å². The first kappa shape index (κ1) is 8.60. The van der Waals surface area contributed by atoms with Crippen LogP contribution in [-0.4, -0.2) is 42.5 Å². The third-order valence-corrected chi connectivity index (χ3v) is 2.43. The standard InChI is InChI=1S/C9H10N5O/c1-3-15-4-2-14(1)9-10-5-7-6-11-13-8(7)12-9/h5-6H,1-4H2. The highest BCUT2D eigenvalue weighted by atomic mass is 16.5. The van der Waals surface area contributed by atoms with Crippen LogP contribution < -0.4 is 10.3 Å². The van der Waals surface area contributed by atoms with Gasteiger partial charge in [0, 0.05) is 19.3 Å². The van der Waals surface area contributed by atoms with Crippen LogP contribution in [0.2, 0.25) is 0 Å². The van der Waals surface area contributed by atoms with Crippen molar-refractivity contribution in [2.45, 2.75) is 0 Å². The Morgan fingerprint density at radius 3 is 3.00 bits per heavy atom.